The molecule has 2 aromatic rings. The molecule has 2 heterocycles. The minimum atomic E-state index is -0.609. The summed E-state index contributed by atoms with van der Waals surface area (Å²) < 4.78 is 13.8. The molecule has 1 aliphatic heterocycles. The molecule has 1 aromatic carbocycles. The van der Waals surface area contributed by atoms with Gasteiger partial charge in [-0.1, -0.05) is 17.7 Å². The second-order valence-electron chi connectivity index (χ2n) is 6.25. The smallest absolute Gasteiger partial charge is 0.227 e. The average molecular weight is 352 g/mol. The van der Waals surface area contributed by atoms with Gasteiger partial charge in [-0.15, -0.1) is 0 Å². The molecule has 1 amide bonds. The van der Waals surface area contributed by atoms with Gasteiger partial charge >= 0.3 is 0 Å². The summed E-state index contributed by atoms with van der Waals surface area (Å²) in [6, 6.07) is 6.29. The number of carbonyl (C=O) groups excluding carboxylic acids is 1. The number of nitrogens with zero attached hydrogens (tertiary/aromatic N) is 2. The summed E-state index contributed by atoms with van der Waals surface area (Å²) in [6.07, 6.45) is -0.121. The number of hydrogen-bond donors (Lipinski definition) is 2. The first-order valence-corrected chi connectivity index (χ1v) is 8.21. The van der Waals surface area contributed by atoms with E-state index in [-0.39, 0.29) is 35.4 Å². The van der Waals surface area contributed by atoms with Crippen LogP contribution in [0.5, 0.6) is 0 Å². The number of hydrogen-bond acceptors (Lipinski definition) is 3. The topological polar surface area (TPSA) is 69.2 Å². The monoisotopic (exact) mass is 351 g/mol. The number of aromatic amines is 1. The van der Waals surface area contributed by atoms with Gasteiger partial charge in [-0.2, -0.15) is 5.10 Å². The van der Waals surface area contributed by atoms with Gasteiger partial charge in [-0.05, 0) is 31.5 Å². The van der Waals surface area contributed by atoms with Crippen LogP contribution in [0.1, 0.15) is 17.0 Å². The zero-order valence-corrected chi connectivity index (χ0v) is 14.1. The highest BCUT2D eigenvalue weighted by Crippen LogP contribution is 2.24. The van der Waals surface area contributed by atoms with Crippen LogP contribution in [0.15, 0.2) is 24.3 Å². The summed E-state index contributed by atoms with van der Waals surface area (Å²) in [5, 5.41) is 17.5. The molecule has 1 aliphatic rings. The molecule has 0 bridgehead atoms. The van der Waals surface area contributed by atoms with Crippen LogP contribution in [0.4, 0.5) is 4.39 Å². The largest absolute Gasteiger partial charge is 0.391 e. The fraction of sp³-hybridized carbons (Fsp3) is 0.412. The van der Waals surface area contributed by atoms with E-state index < -0.39 is 11.9 Å². The zero-order chi connectivity index (χ0) is 17.3. The highest BCUT2D eigenvalue weighted by atomic mass is 35.5. The molecular formula is C17H19ClFN3O2. The molecule has 0 aliphatic carbocycles. The van der Waals surface area contributed by atoms with E-state index >= 15 is 0 Å². The van der Waals surface area contributed by atoms with Gasteiger partial charge in [0.15, 0.2) is 0 Å². The van der Waals surface area contributed by atoms with Gasteiger partial charge in [0, 0.05) is 35.3 Å². The van der Waals surface area contributed by atoms with Crippen molar-refractivity contribution < 1.29 is 14.3 Å². The summed E-state index contributed by atoms with van der Waals surface area (Å²) in [5.74, 6) is -0.798. The highest BCUT2D eigenvalue weighted by molar-refractivity contribution is 6.31. The third kappa shape index (κ3) is 3.60. The second-order valence-corrected chi connectivity index (χ2v) is 6.66. The van der Waals surface area contributed by atoms with E-state index in [0.29, 0.717) is 13.0 Å². The molecule has 24 heavy (non-hydrogen) atoms. The summed E-state index contributed by atoms with van der Waals surface area (Å²) in [6.45, 7) is 2.59. The standard InChI is InChI=1S/C17H19ClFN3O2/c1-10-5-12(21-20-10)6-11-8-22(9-16(11)23)17(24)7-13-14(18)3-2-4-15(13)19/h2-5,11,16,23H,6-9H2,1H3,(H,20,21)/t11-,16+/m1/s1. The Morgan fingerprint density at radius 3 is 2.96 bits per heavy atom. The van der Waals surface area contributed by atoms with Gasteiger partial charge in [0.2, 0.25) is 5.91 Å². The Balaban J connectivity index is 1.64. The number of amides is 1. The molecular weight excluding hydrogens is 333 g/mol. The van der Waals surface area contributed by atoms with Crippen molar-refractivity contribution in [1.29, 1.82) is 0 Å². The molecule has 0 radical (unpaired) electrons. The Labute approximate surface area is 144 Å². The first kappa shape index (κ1) is 16.9. The number of H-pyrrole nitrogens is 1. The number of aliphatic hydroxyl groups is 1. The van der Waals surface area contributed by atoms with Crippen molar-refractivity contribution in [2.45, 2.75) is 25.9 Å². The number of rotatable bonds is 4. The molecule has 128 valence electrons. The normalized spacial score (nSPS) is 20.6. The zero-order valence-electron chi connectivity index (χ0n) is 13.3. The van der Waals surface area contributed by atoms with E-state index in [2.05, 4.69) is 10.2 Å². The molecule has 3 rings (SSSR count). The number of likely N-dealkylation sites (tertiary alicyclic amines) is 1. The Hall–Kier alpha value is -1.92. The van der Waals surface area contributed by atoms with Crippen molar-refractivity contribution >= 4 is 17.5 Å². The number of halogens is 2. The molecule has 1 fully saturated rings. The minimum Gasteiger partial charge on any atom is -0.391 e. The molecule has 5 nitrogen and oxygen atoms in total. The Kier molecular flexibility index (Phi) is 4.87. The first-order chi connectivity index (χ1) is 11.4. The SMILES string of the molecule is Cc1cc(C[C@@H]2CN(C(=O)Cc3c(F)cccc3Cl)C[C@@H]2O)n[nH]1. The Morgan fingerprint density at radius 1 is 1.50 bits per heavy atom. The van der Waals surface area contributed by atoms with Crippen molar-refractivity contribution in [3.05, 3.63) is 52.1 Å². The molecule has 1 saturated heterocycles. The van der Waals surface area contributed by atoms with Crippen LogP contribution in [0.25, 0.3) is 0 Å². The molecule has 2 N–H and O–H groups in total. The van der Waals surface area contributed by atoms with Crippen LogP contribution < -0.4 is 0 Å². The highest BCUT2D eigenvalue weighted by Gasteiger charge is 2.34. The minimum absolute atomic E-state index is 0.0762. The number of aliphatic hydroxyl groups excluding tert-OH is 1. The lowest BCUT2D eigenvalue weighted by Gasteiger charge is -2.16. The van der Waals surface area contributed by atoms with E-state index in [0.717, 1.165) is 11.4 Å². The first-order valence-electron chi connectivity index (χ1n) is 7.83. The lowest BCUT2D eigenvalue weighted by molar-refractivity contribution is -0.129. The van der Waals surface area contributed by atoms with Crippen LogP contribution in [0, 0.1) is 18.7 Å². The Morgan fingerprint density at radius 2 is 2.29 bits per heavy atom. The summed E-state index contributed by atoms with van der Waals surface area (Å²) in [4.78, 5) is 14.0. The summed E-state index contributed by atoms with van der Waals surface area (Å²) >= 11 is 5.98. The van der Waals surface area contributed by atoms with Crippen molar-refractivity contribution in [1.82, 2.24) is 15.1 Å². The van der Waals surface area contributed by atoms with Gasteiger partial charge in [-0.25, -0.2) is 4.39 Å². The fourth-order valence-electron chi connectivity index (χ4n) is 3.07. The van der Waals surface area contributed by atoms with Crippen LogP contribution in [-0.2, 0) is 17.6 Å². The summed E-state index contributed by atoms with van der Waals surface area (Å²) in [7, 11) is 0. The fourth-order valence-corrected chi connectivity index (χ4v) is 3.30. The molecule has 0 unspecified atom stereocenters. The predicted molar refractivity (Wildman–Crippen MR) is 88.2 cm³/mol. The third-order valence-corrected chi connectivity index (χ3v) is 4.73. The lowest BCUT2D eigenvalue weighted by atomic mass is 10.0. The van der Waals surface area contributed by atoms with Gasteiger partial charge < -0.3 is 10.0 Å². The van der Waals surface area contributed by atoms with Crippen molar-refractivity contribution in [3.63, 3.8) is 0 Å². The average Bonchev–Trinajstić information content (AvgIpc) is 3.10. The number of aromatic nitrogens is 2. The van der Waals surface area contributed by atoms with Crippen LogP contribution >= 0.6 is 11.6 Å². The van der Waals surface area contributed by atoms with Gasteiger partial charge in [-0.3, -0.25) is 9.89 Å². The molecule has 2 atom stereocenters. The van der Waals surface area contributed by atoms with Crippen LogP contribution in [0.3, 0.4) is 0 Å². The maximum atomic E-state index is 13.8. The number of nitrogens with one attached hydrogen (secondary N) is 1. The lowest BCUT2D eigenvalue weighted by Crippen LogP contribution is -2.31. The van der Waals surface area contributed by atoms with Gasteiger partial charge in [0.25, 0.3) is 0 Å². The number of β-amino-alcohol motifs (C(OH)–C–C–N with tert-alkyl or cyclic N) is 1. The van der Waals surface area contributed by atoms with Crippen molar-refractivity contribution in [2.24, 2.45) is 5.92 Å². The van der Waals surface area contributed by atoms with E-state index in [4.69, 9.17) is 11.6 Å². The van der Waals surface area contributed by atoms with E-state index in [1.54, 1.807) is 11.0 Å². The van der Waals surface area contributed by atoms with Crippen molar-refractivity contribution in [2.75, 3.05) is 13.1 Å². The molecule has 7 heteroatoms. The van der Waals surface area contributed by atoms with Gasteiger partial charge in [0.1, 0.15) is 5.82 Å². The molecule has 0 spiro atoms. The maximum absolute atomic E-state index is 13.8. The van der Waals surface area contributed by atoms with Gasteiger partial charge in [0.05, 0.1) is 18.2 Å². The number of aryl methyl sites for hydroxylation is 1. The predicted octanol–water partition coefficient (Wildman–Crippen LogP) is 2.12. The Bertz CT molecular complexity index is 729. The quantitative estimate of drug-likeness (QED) is 0.886. The third-order valence-electron chi connectivity index (χ3n) is 4.38. The van der Waals surface area contributed by atoms with Crippen LogP contribution in [-0.4, -0.2) is 45.3 Å². The maximum Gasteiger partial charge on any atom is 0.227 e. The van der Waals surface area contributed by atoms with E-state index in [9.17, 15) is 14.3 Å². The number of carbonyl (C=O) groups is 1. The van der Waals surface area contributed by atoms with E-state index in [1.165, 1.54) is 12.1 Å². The van der Waals surface area contributed by atoms with E-state index in [1.807, 2.05) is 13.0 Å². The number of benzene rings is 1. The summed E-state index contributed by atoms with van der Waals surface area (Å²) in [5.41, 5.74) is 2.02. The molecule has 1 aromatic heterocycles. The molecule has 0 saturated carbocycles. The van der Waals surface area contributed by atoms with Crippen LogP contribution in [0.2, 0.25) is 5.02 Å². The van der Waals surface area contributed by atoms with Crippen molar-refractivity contribution in [3.8, 4) is 0 Å². The second kappa shape index (κ2) is 6.91.